The molecule has 1 atom stereocenters. The average Bonchev–Trinajstić information content (AvgIpc) is 2.40. The van der Waals surface area contributed by atoms with Gasteiger partial charge < -0.3 is 9.84 Å². The topological polar surface area (TPSA) is 42.4 Å². The molecular weight excluding hydrogens is 250 g/mol. The van der Waals surface area contributed by atoms with E-state index in [2.05, 4.69) is 4.98 Å². The van der Waals surface area contributed by atoms with E-state index in [1.807, 2.05) is 24.3 Å². The van der Waals surface area contributed by atoms with Gasteiger partial charge in [-0.2, -0.15) is 0 Å². The Morgan fingerprint density at radius 1 is 1.28 bits per heavy atom. The second kappa shape index (κ2) is 5.85. The molecule has 94 valence electrons. The van der Waals surface area contributed by atoms with Gasteiger partial charge in [0.1, 0.15) is 0 Å². The van der Waals surface area contributed by atoms with Crippen LogP contribution in [0.5, 0.6) is 5.88 Å². The van der Waals surface area contributed by atoms with Crippen molar-refractivity contribution in [1.29, 1.82) is 0 Å². The van der Waals surface area contributed by atoms with Crippen LogP contribution in [0.2, 0.25) is 5.02 Å². The average molecular weight is 264 g/mol. The molecule has 2 aromatic rings. The Morgan fingerprint density at radius 2 is 2.06 bits per heavy atom. The molecule has 0 amide bonds. The Balaban J connectivity index is 2.11. The number of rotatable bonds is 4. The second-order valence-corrected chi connectivity index (χ2v) is 4.36. The highest BCUT2D eigenvalue weighted by Crippen LogP contribution is 2.25. The minimum Gasteiger partial charge on any atom is -0.481 e. The van der Waals surface area contributed by atoms with E-state index in [4.69, 9.17) is 16.3 Å². The van der Waals surface area contributed by atoms with E-state index in [1.54, 1.807) is 25.4 Å². The molecule has 1 N–H and O–H groups in total. The third kappa shape index (κ3) is 3.00. The van der Waals surface area contributed by atoms with Crippen molar-refractivity contribution >= 4 is 11.6 Å². The quantitative estimate of drug-likeness (QED) is 0.922. The van der Waals surface area contributed by atoms with Crippen LogP contribution in [-0.4, -0.2) is 17.2 Å². The van der Waals surface area contributed by atoms with Gasteiger partial charge in [-0.15, -0.1) is 0 Å². The summed E-state index contributed by atoms with van der Waals surface area (Å²) in [6.07, 6.45) is 1.54. The van der Waals surface area contributed by atoms with Crippen molar-refractivity contribution in [2.24, 2.45) is 0 Å². The number of pyridine rings is 1. The SMILES string of the molecule is COc1ccc(CC(O)c2ccccc2Cl)cn1. The molecule has 0 radical (unpaired) electrons. The van der Waals surface area contributed by atoms with Crippen LogP contribution < -0.4 is 4.74 Å². The van der Waals surface area contributed by atoms with Crippen LogP contribution in [-0.2, 0) is 6.42 Å². The number of aliphatic hydroxyl groups is 1. The van der Waals surface area contributed by atoms with Gasteiger partial charge in [0.05, 0.1) is 13.2 Å². The smallest absolute Gasteiger partial charge is 0.212 e. The van der Waals surface area contributed by atoms with E-state index in [1.165, 1.54) is 0 Å². The minimum absolute atomic E-state index is 0.473. The Labute approximate surface area is 111 Å². The van der Waals surface area contributed by atoms with Crippen LogP contribution in [0.25, 0.3) is 0 Å². The van der Waals surface area contributed by atoms with E-state index in [0.717, 1.165) is 11.1 Å². The van der Waals surface area contributed by atoms with E-state index >= 15 is 0 Å². The van der Waals surface area contributed by atoms with E-state index in [-0.39, 0.29) is 0 Å². The standard InChI is InChI=1S/C14H14ClNO2/c1-18-14-7-6-10(9-16-14)8-13(17)11-4-2-3-5-12(11)15/h2-7,9,13,17H,8H2,1H3. The van der Waals surface area contributed by atoms with E-state index in [9.17, 15) is 5.11 Å². The van der Waals surface area contributed by atoms with Crippen molar-refractivity contribution in [3.8, 4) is 5.88 Å². The minimum atomic E-state index is -0.631. The lowest BCUT2D eigenvalue weighted by Crippen LogP contribution is -2.03. The number of hydrogen-bond donors (Lipinski definition) is 1. The van der Waals surface area contributed by atoms with Crippen LogP contribution in [0.15, 0.2) is 42.6 Å². The lowest BCUT2D eigenvalue weighted by Gasteiger charge is -2.12. The summed E-state index contributed by atoms with van der Waals surface area (Å²) in [4.78, 5) is 4.10. The van der Waals surface area contributed by atoms with Crippen molar-refractivity contribution < 1.29 is 9.84 Å². The van der Waals surface area contributed by atoms with Gasteiger partial charge in [0.2, 0.25) is 5.88 Å². The second-order valence-electron chi connectivity index (χ2n) is 3.95. The first kappa shape index (κ1) is 12.9. The number of aliphatic hydroxyl groups excluding tert-OH is 1. The highest BCUT2D eigenvalue weighted by molar-refractivity contribution is 6.31. The first-order valence-corrected chi connectivity index (χ1v) is 6.00. The summed E-state index contributed by atoms with van der Waals surface area (Å²) in [5.41, 5.74) is 1.67. The third-order valence-electron chi connectivity index (χ3n) is 2.70. The molecule has 18 heavy (non-hydrogen) atoms. The summed E-state index contributed by atoms with van der Waals surface area (Å²) in [6.45, 7) is 0. The predicted octanol–water partition coefficient (Wildman–Crippen LogP) is 3.02. The van der Waals surface area contributed by atoms with Gasteiger partial charge >= 0.3 is 0 Å². The molecule has 2 rings (SSSR count). The largest absolute Gasteiger partial charge is 0.481 e. The third-order valence-corrected chi connectivity index (χ3v) is 3.04. The molecule has 3 nitrogen and oxygen atoms in total. The molecule has 0 spiro atoms. The number of nitrogens with zero attached hydrogens (tertiary/aromatic N) is 1. The molecule has 1 unspecified atom stereocenters. The maximum Gasteiger partial charge on any atom is 0.212 e. The molecule has 0 aliphatic rings. The summed E-state index contributed by atoms with van der Waals surface area (Å²) in [5, 5.41) is 10.7. The molecule has 0 bridgehead atoms. The summed E-state index contributed by atoms with van der Waals surface area (Å²) >= 11 is 6.04. The van der Waals surface area contributed by atoms with Gasteiger partial charge in [0, 0.05) is 23.7 Å². The Kier molecular flexibility index (Phi) is 4.18. The monoisotopic (exact) mass is 263 g/mol. The van der Waals surface area contributed by atoms with Crippen molar-refractivity contribution in [3.05, 3.63) is 58.7 Å². The normalized spacial score (nSPS) is 12.2. The van der Waals surface area contributed by atoms with Crippen molar-refractivity contribution in [2.45, 2.75) is 12.5 Å². The molecule has 1 aromatic heterocycles. The number of hydrogen-bond acceptors (Lipinski definition) is 3. The van der Waals surface area contributed by atoms with Crippen LogP contribution in [0.3, 0.4) is 0 Å². The summed E-state index contributed by atoms with van der Waals surface area (Å²) < 4.78 is 4.98. The first-order valence-electron chi connectivity index (χ1n) is 5.62. The summed E-state index contributed by atoms with van der Waals surface area (Å²) in [5.74, 6) is 0.561. The fraction of sp³-hybridized carbons (Fsp3) is 0.214. The number of methoxy groups -OCH3 is 1. The zero-order valence-corrected chi connectivity index (χ0v) is 10.8. The molecule has 0 saturated heterocycles. The fourth-order valence-electron chi connectivity index (χ4n) is 1.73. The highest BCUT2D eigenvalue weighted by atomic mass is 35.5. The summed E-state index contributed by atoms with van der Waals surface area (Å²) in [6, 6.07) is 10.9. The number of benzene rings is 1. The van der Waals surface area contributed by atoms with Gasteiger partial charge in [0.25, 0.3) is 0 Å². The lowest BCUT2D eigenvalue weighted by atomic mass is 10.0. The van der Waals surface area contributed by atoms with Gasteiger partial charge in [-0.3, -0.25) is 0 Å². The Morgan fingerprint density at radius 3 is 2.67 bits per heavy atom. The van der Waals surface area contributed by atoms with Gasteiger partial charge in [-0.25, -0.2) is 4.98 Å². The maximum atomic E-state index is 10.1. The van der Waals surface area contributed by atoms with Crippen molar-refractivity contribution in [1.82, 2.24) is 4.98 Å². The molecule has 1 heterocycles. The molecule has 0 aliphatic carbocycles. The predicted molar refractivity (Wildman–Crippen MR) is 70.9 cm³/mol. The van der Waals surface area contributed by atoms with Gasteiger partial charge in [-0.05, 0) is 17.2 Å². The zero-order valence-electron chi connectivity index (χ0n) is 10.0. The first-order chi connectivity index (χ1) is 8.70. The molecule has 0 saturated carbocycles. The van der Waals surface area contributed by atoms with Gasteiger partial charge in [-0.1, -0.05) is 35.9 Å². The lowest BCUT2D eigenvalue weighted by molar-refractivity contribution is 0.178. The highest BCUT2D eigenvalue weighted by Gasteiger charge is 2.11. The fourth-order valence-corrected chi connectivity index (χ4v) is 1.99. The summed E-state index contributed by atoms with van der Waals surface area (Å²) in [7, 11) is 1.57. The van der Waals surface area contributed by atoms with Crippen LogP contribution in [0, 0.1) is 0 Å². The Bertz CT molecular complexity index is 513. The molecule has 4 heteroatoms. The molecule has 0 aliphatic heterocycles. The van der Waals surface area contributed by atoms with Gasteiger partial charge in [0.15, 0.2) is 0 Å². The molecule has 1 aromatic carbocycles. The van der Waals surface area contributed by atoms with Crippen molar-refractivity contribution in [2.75, 3.05) is 7.11 Å². The number of halogens is 1. The van der Waals surface area contributed by atoms with E-state index in [0.29, 0.717) is 17.3 Å². The van der Waals surface area contributed by atoms with Crippen LogP contribution in [0.4, 0.5) is 0 Å². The van der Waals surface area contributed by atoms with Crippen LogP contribution in [0.1, 0.15) is 17.2 Å². The molecule has 0 fully saturated rings. The number of aromatic nitrogens is 1. The van der Waals surface area contributed by atoms with E-state index < -0.39 is 6.10 Å². The Hall–Kier alpha value is -1.58. The number of ether oxygens (including phenoxy) is 1. The molecular formula is C14H14ClNO2. The maximum absolute atomic E-state index is 10.1. The zero-order chi connectivity index (χ0) is 13.0. The van der Waals surface area contributed by atoms with Crippen molar-refractivity contribution in [3.63, 3.8) is 0 Å². The van der Waals surface area contributed by atoms with Crippen LogP contribution >= 0.6 is 11.6 Å².